The third-order valence-electron chi connectivity index (χ3n) is 3.11. The number of sulfonamides is 1. The molecule has 0 aromatic carbocycles. The first kappa shape index (κ1) is 12.6. The van der Waals surface area contributed by atoms with Crippen molar-refractivity contribution >= 4 is 10.0 Å². The van der Waals surface area contributed by atoms with Gasteiger partial charge in [0.15, 0.2) is 0 Å². The molecule has 1 aromatic heterocycles. The van der Waals surface area contributed by atoms with E-state index in [2.05, 4.69) is 17.2 Å². The summed E-state index contributed by atoms with van der Waals surface area (Å²) in [6.07, 6.45) is 2.53. The molecule has 1 atom stereocenters. The lowest BCUT2D eigenvalue weighted by molar-refractivity contribution is 0.464. The Morgan fingerprint density at radius 1 is 1.59 bits per heavy atom. The third kappa shape index (κ3) is 2.53. The van der Waals surface area contributed by atoms with Gasteiger partial charge >= 0.3 is 0 Å². The van der Waals surface area contributed by atoms with Crippen molar-refractivity contribution in [2.45, 2.75) is 24.8 Å². The molecule has 1 aromatic rings. The number of rotatable bonds is 4. The Kier molecular flexibility index (Phi) is 3.56. The highest BCUT2D eigenvalue weighted by Crippen LogP contribution is 2.24. The predicted molar refractivity (Wildman–Crippen MR) is 66.1 cm³/mol. The molecule has 0 amide bonds. The van der Waals surface area contributed by atoms with Crippen molar-refractivity contribution in [2.75, 3.05) is 20.1 Å². The number of nitrogens with zero attached hydrogens (tertiary/aromatic N) is 1. The zero-order valence-corrected chi connectivity index (χ0v) is 11.0. The topological polar surface area (TPSA) is 65.2 Å². The van der Waals surface area contributed by atoms with E-state index in [1.807, 2.05) is 7.05 Å². The monoisotopic (exact) mass is 257 g/mol. The van der Waals surface area contributed by atoms with Gasteiger partial charge in [-0.25, -0.2) is 8.42 Å². The summed E-state index contributed by atoms with van der Waals surface area (Å²) in [5.74, 6) is 0.459. The van der Waals surface area contributed by atoms with Gasteiger partial charge in [-0.15, -0.1) is 0 Å². The Morgan fingerprint density at radius 2 is 2.35 bits per heavy atom. The lowest BCUT2D eigenvalue weighted by Gasteiger charge is -2.14. The fraction of sp³-hybridized carbons (Fsp3) is 0.636. The molecule has 0 aliphatic carbocycles. The van der Waals surface area contributed by atoms with Crippen molar-refractivity contribution in [3.63, 3.8) is 0 Å². The third-order valence-corrected chi connectivity index (χ3v) is 4.95. The molecule has 1 aliphatic rings. The molecule has 0 bridgehead atoms. The molecule has 0 spiro atoms. The van der Waals surface area contributed by atoms with Crippen molar-refractivity contribution in [1.82, 2.24) is 14.6 Å². The highest BCUT2D eigenvalue weighted by Gasteiger charge is 2.31. The summed E-state index contributed by atoms with van der Waals surface area (Å²) in [6.45, 7) is 4.00. The highest BCUT2D eigenvalue weighted by molar-refractivity contribution is 7.89. The minimum Gasteiger partial charge on any atom is -0.363 e. The van der Waals surface area contributed by atoms with Crippen LogP contribution in [0.15, 0.2) is 17.2 Å². The molecule has 1 aliphatic heterocycles. The molecule has 1 saturated heterocycles. The molecule has 1 unspecified atom stereocenters. The molecule has 6 heteroatoms. The molecule has 2 rings (SSSR count). The van der Waals surface area contributed by atoms with Crippen LogP contribution in [-0.2, 0) is 16.6 Å². The number of aromatic amines is 1. The van der Waals surface area contributed by atoms with Crippen molar-refractivity contribution in [3.8, 4) is 0 Å². The Labute approximate surface area is 102 Å². The largest absolute Gasteiger partial charge is 0.363 e. The molecular weight excluding hydrogens is 238 g/mol. The van der Waals surface area contributed by atoms with Gasteiger partial charge in [0.05, 0.1) is 4.90 Å². The maximum atomic E-state index is 12.3. The number of hydrogen-bond donors (Lipinski definition) is 2. The fourth-order valence-electron chi connectivity index (χ4n) is 2.12. The molecule has 0 saturated carbocycles. The maximum Gasteiger partial charge on any atom is 0.244 e. The van der Waals surface area contributed by atoms with E-state index >= 15 is 0 Å². The van der Waals surface area contributed by atoms with Crippen LogP contribution in [0.5, 0.6) is 0 Å². The first-order valence-electron chi connectivity index (χ1n) is 5.86. The van der Waals surface area contributed by atoms with Crippen molar-refractivity contribution in [3.05, 3.63) is 18.0 Å². The Bertz CT molecular complexity index is 481. The van der Waals surface area contributed by atoms with Crippen LogP contribution in [0.4, 0.5) is 0 Å². The molecule has 2 N–H and O–H groups in total. The van der Waals surface area contributed by atoms with Crippen LogP contribution >= 0.6 is 0 Å². The highest BCUT2D eigenvalue weighted by atomic mass is 32.2. The second kappa shape index (κ2) is 4.80. The zero-order valence-electron chi connectivity index (χ0n) is 10.2. The molecular formula is C11H19N3O2S. The minimum atomic E-state index is -3.29. The average molecular weight is 257 g/mol. The van der Waals surface area contributed by atoms with Crippen LogP contribution < -0.4 is 5.32 Å². The van der Waals surface area contributed by atoms with Gasteiger partial charge in [-0.1, -0.05) is 6.92 Å². The average Bonchev–Trinajstić information content (AvgIpc) is 2.88. The summed E-state index contributed by atoms with van der Waals surface area (Å²) < 4.78 is 26.1. The van der Waals surface area contributed by atoms with Gasteiger partial charge in [0.1, 0.15) is 0 Å². The fourth-order valence-corrected chi connectivity index (χ4v) is 3.72. The van der Waals surface area contributed by atoms with E-state index < -0.39 is 10.0 Å². The summed E-state index contributed by atoms with van der Waals surface area (Å²) in [5.41, 5.74) is 0.887. The first-order chi connectivity index (χ1) is 8.04. The standard InChI is InChI=1S/C11H19N3O2S/c1-9-3-4-14(8-9)17(15,16)11-5-10(6-12-2)13-7-11/h5,7,9,12-13H,3-4,6,8H2,1-2H3. The molecule has 96 valence electrons. The lowest BCUT2D eigenvalue weighted by Crippen LogP contribution is -2.28. The van der Waals surface area contributed by atoms with Gasteiger partial charge in [0.25, 0.3) is 0 Å². The molecule has 1 fully saturated rings. The van der Waals surface area contributed by atoms with Crippen molar-refractivity contribution in [1.29, 1.82) is 0 Å². The van der Waals surface area contributed by atoms with E-state index in [4.69, 9.17) is 0 Å². The Balaban J connectivity index is 2.19. The summed E-state index contributed by atoms with van der Waals surface area (Å²) >= 11 is 0. The van der Waals surface area contributed by atoms with Crippen LogP contribution in [0.3, 0.4) is 0 Å². The number of aromatic nitrogens is 1. The normalized spacial score (nSPS) is 22.1. The van der Waals surface area contributed by atoms with Crippen molar-refractivity contribution < 1.29 is 8.42 Å². The van der Waals surface area contributed by atoms with E-state index in [1.54, 1.807) is 16.6 Å². The van der Waals surface area contributed by atoms with Gasteiger partial charge in [0.2, 0.25) is 10.0 Å². The van der Waals surface area contributed by atoms with Gasteiger partial charge in [-0.05, 0) is 25.5 Å². The summed E-state index contributed by atoms with van der Waals surface area (Å²) in [4.78, 5) is 3.35. The quantitative estimate of drug-likeness (QED) is 0.837. The number of H-pyrrole nitrogens is 1. The molecule has 17 heavy (non-hydrogen) atoms. The SMILES string of the molecule is CNCc1cc(S(=O)(=O)N2CCC(C)C2)c[nH]1. The summed E-state index contributed by atoms with van der Waals surface area (Å²) in [7, 11) is -1.46. The van der Waals surface area contributed by atoms with Gasteiger partial charge in [-0.2, -0.15) is 4.31 Å². The van der Waals surface area contributed by atoms with E-state index in [9.17, 15) is 8.42 Å². The minimum absolute atomic E-state index is 0.372. The molecule has 2 heterocycles. The molecule has 0 radical (unpaired) electrons. The van der Waals surface area contributed by atoms with E-state index in [0.29, 0.717) is 30.4 Å². The lowest BCUT2D eigenvalue weighted by atomic mass is 10.2. The maximum absolute atomic E-state index is 12.3. The van der Waals surface area contributed by atoms with Crippen LogP contribution in [-0.4, -0.2) is 37.8 Å². The van der Waals surface area contributed by atoms with Gasteiger partial charge in [0, 0.05) is 31.5 Å². The van der Waals surface area contributed by atoms with Gasteiger partial charge in [-0.3, -0.25) is 0 Å². The number of nitrogens with one attached hydrogen (secondary N) is 2. The second-order valence-electron chi connectivity index (χ2n) is 4.65. The Hall–Kier alpha value is -0.850. The summed E-state index contributed by atoms with van der Waals surface area (Å²) in [6, 6.07) is 1.70. The van der Waals surface area contributed by atoms with Crippen LogP contribution in [0.25, 0.3) is 0 Å². The summed E-state index contributed by atoms with van der Waals surface area (Å²) in [5, 5.41) is 2.99. The second-order valence-corrected chi connectivity index (χ2v) is 6.59. The van der Waals surface area contributed by atoms with E-state index in [1.165, 1.54) is 0 Å². The zero-order chi connectivity index (χ0) is 12.5. The van der Waals surface area contributed by atoms with Crippen molar-refractivity contribution in [2.24, 2.45) is 5.92 Å². The molecule has 5 nitrogen and oxygen atoms in total. The van der Waals surface area contributed by atoms with Gasteiger partial charge < -0.3 is 10.3 Å². The van der Waals surface area contributed by atoms with E-state index in [0.717, 1.165) is 12.1 Å². The van der Waals surface area contributed by atoms with E-state index in [-0.39, 0.29) is 0 Å². The number of hydrogen-bond acceptors (Lipinski definition) is 3. The first-order valence-corrected chi connectivity index (χ1v) is 7.30. The van der Waals surface area contributed by atoms with Crippen LogP contribution in [0, 0.1) is 5.92 Å². The smallest absolute Gasteiger partial charge is 0.244 e. The predicted octanol–water partition coefficient (Wildman–Crippen LogP) is 0.765. The Morgan fingerprint density at radius 3 is 2.94 bits per heavy atom. The van der Waals surface area contributed by atoms with Crippen LogP contribution in [0.1, 0.15) is 19.0 Å². The van der Waals surface area contributed by atoms with Crippen LogP contribution in [0.2, 0.25) is 0 Å².